The van der Waals surface area contributed by atoms with Gasteiger partial charge in [-0.1, -0.05) is 29.0 Å². The summed E-state index contributed by atoms with van der Waals surface area (Å²) in [7, 11) is 0. The molecule has 0 spiro atoms. The predicted octanol–water partition coefficient (Wildman–Crippen LogP) is 3.18. The predicted molar refractivity (Wildman–Crippen MR) is 52.3 cm³/mol. The topological polar surface area (TPSA) is 5.90 Å². The first kappa shape index (κ1) is 8.75. The van der Waals surface area contributed by atoms with Crippen molar-refractivity contribution < 1.29 is 0 Å². The summed E-state index contributed by atoms with van der Waals surface area (Å²) in [6, 6.07) is 10.3. The molecule has 1 rings (SSSR count). The van der Waals surface area contributed by atoms with Crippen LogP contribution in [0.25, 0.3) is 0 Å². The molecule has 0 fully saturated rings. The normalized spacial score (nSPS) is 10.5. The van der Waals surface area contributed by atoms with Gasteiger partial charge in [-0.3, -0.25) is 0 Å². The van der Waals surface area contributed by atoms with Crippen LogP contribution in [0.3, 0.4) is 0 Å². The summed E-state index contributed by atoms with van der Waals surface area (Å²) in [6.45, 7) is 3.21. The van der Waals surface area contributed by atoms with Crippen LogP contribution in [0.4, 0.5) is 5.69 Å². The van der Waals surface area contributed by atoms with Gasteiger partial charge in [-0.05, 0) is 6.42 Å². The van der Waals surface area contributed by atoms with E-state index in [2.05, 4.69) is 39.1 Å². The Kier molecular flexibility index (Phi) is 3.60. The highest BCUT2D eigenvalue weighted by molar-refractivity contribution is 9.08. The molecule has 0 N–H and O–H groups in total. The summed E-state index contributed by atoms with van der Waals surface area (Å²) < 4.78 is 2.08. The Hall–Kier alpha value is -0.340. The summed E-state index contributed by atoms with van der Waals surface area (Å²) in [6.07, 6.45) is 1.15. The van der Waals surface area contributed by atoms with Gasteiger partial charge in [-0.25, -0.2) is 0 Å². The van der Waals surface area contributed by atoms with Gasteiger partial charge in [-0.15, -0.1) is 0 Å². The van der Waals surface area contributed by atoms with Crippen molar-refractivity contribution in [1.29, 1.82) is 0 Å². The molecule has 0 aliphatic rings. The largest absolute Gasteiger partial charge is 0.293 e. The zero-order chi connectivity index (χ0) is 8.10. The average molecular weight is 214 g/mol. The molecule has 59 valence electrons. The summed E-state index contributed by atoms with van der Waals surface area (Å²) in [5, 5.41) is 0. The van der Waals surface area contributed by atoms with Crippen LogP contribution in [-0.2, 0) is 0 Å². The summed E-state index contributed by atoms with van der Waals surface area (Å²) in [4.78, 5) is 0. The minimum absolute atomic E-state index is 1.05. The number of hydrogen-bond acceptors (Lipinski definition) is 1. The van der Waals surface area contributed by atoms with Gasteiger partial charge in [0.2, 0.25) is 0 Å². The van der Waals surface area contributed by atoms with Crippen LogP contribution in [0.1, 0.15) is 13.3 Å². The van der Waals surface area contributed by atoms with Crippen molar-refractivity contribution in [2.75, 3.05) is 6.54 Å². The summed E-state index contributed by atoms with van der Waals surface area (Å²) in [5.74, 6) is 0. The molecule has 1 aromatic carbocycles. The lowest BCUT2D eigenvalue weighted by Gasteiger charge is -1.98. The molecular formula is C9H12BrN+. The number of rotatable bonds is 3. The van der Waals surface area contributed by atoms with Gasteiger partial charge in [0.1, 0.15) is 6.54 Å². The number of benzene rings is 1. The number of nitrogens with zero attached hydrogens (tertiary/aromatic N) is 1. The van der Waals surface area contributed by atoms with Gasteiger partial charge in [0.05, 0.1) is 0 Å². The molecule has 0 aliphatic heterocycles. The maximum absolute atomic E-state index is 3.48. The molecule has 1 nitrogen and oxygen atoms in total. The fourth-order valence-corrected chi connectivity index (χ4v) is 1.51. The van der Waals surface area contributed by atoms with Gasteiger partial charge >= 0.3 is 0 Å². The van der Waals surface area contributed by atoms with E-state index in [4.69, 9.17) is 0 Å². The molecule has 0 saturated heterocycles. The lowest BCUT2D eigenvalue weighted by Crippen LogP contribution is -2.10. The lowest BCUT2D eigenvalue weighted by atomic mass is 10.3. The van der Waals surface area contributed by atoms with Crippen molar-refractivity contribution in [2.45, 2.75) is 13.3 Å². The lowest BCUT2D eigenvalue weighted by molar-refractivity contribution is 0.763. The fraction of sp³-hybridized carbons (Fsp3) is 0.333. The molecule has 0 unspecified atom stereocenters. The van der Waals surface area contributed by atoms with Crippen LogP contribution in [0.5, 0.6) is 0 Å². The van der Waals surface area contributed by atoms with E-state index in [9.17, 15) is 0 Å². The first-order chi connectivity index (χ1) is 5.34. The molecule has 0 aliphatic carbocycles. The third-order valence-electron chi connectivity index (χ3n) is 1.46. The highest BCUT2D eigenvalue weighted by Gasteiger charge is 2.12. The molecule has 0 bridgehead atoms. The van der Waals surface area contributed by atoms with Crippen LogP contribution in [0.15, 0.2) is 30.3 Å². The Morgan fingerprint density at radius 3 is 2.45 bits per heavy atom. The minimum atomic E-state index is 1.05. The van der Waals surface area contributed by atoms with E-state index in [0.717, 1.165) is 13.0 Å². The zero-order valence-corrected chi connectivity index (χ0v) is 8.21. The summed E-state index contributed by atoms with van der Waals surface area (Å²) in [5.41, 5.74) is 1.22. The maximum Gasteiger partial charge on any atom is 0.293 e. The zero-order valence-electron chi connectivity index (χ0n) is 6.63. The van der Waals surface area contributed by atoms with Crippen molar-refractivity contribution in [2.24, 2.45) is 0 Å². The van der Waals surface area contributed by atoms with E-state index >= 15 is 0 Å². The van der Waals surface area contributed by atoms with Crippen LogP contribution in [0, 0.1) is 0 Å². The molecular weight excluding hydrogens is 202 g/mol. The van der Waals surface area contributed by atoms with Crippen molar-refractivity contribution in [3.8, 4) is 0 Å². The van der Waals surface area contributed by atoms with E-state index in [-0.39, 0.29) is 0 Å². The second-order valence-corrected chi connectivity index (χ2v) is 3.28. The van der Waals surface area contributed by atoms with Gasteiger partial charge < -0.3 is 0 Å². The van der Waals surface area contributed by atoms with Crippen LogP contribution in [-0.4, -0.2) is 6.54 Å². The molecule has 1 radical (unpaired) electrons. The number of hydrogen-bond donors (Lipinski definition) is 0. The molecule has 0 saturated carbocycles. The minimum Gasteiger partial charge on any atom is -0.0618 e. The first-order valence-corrected chi connectivity index (χ1v) is 4.54. The molecule has 0 atom stereocenters. The fourth-order valence-electron chi connectivity index (χ4n) is 0.915. The smallest absolute Gasteiger partial charge is 0.0618 e. The van der Waals surface area contributed by atoms with Crippen LogP contribution >= 0.6 is 16.1 Å². The van der Waals surface area contributed by atoms with Crippen LogP contribution < -0.4 is 3.93 Å². The van der Waals surface area contributed by atoms with Crippen molar-refractivity contribution >= 4 is 21.8 Å². The van der Waals surface area contributed by atoms with E-state index in [1.807, 2.05) is 18.2 Å². The van der Waals surface area contributed by atoms with Gasteiger partial charge in [-0.2, -0.15) is 0 Å². The van der Waals surface area contributed by atoms with Gasteiger partial charge in [0, 0.05) is 12.1 Å². The van der Waals surface area contributed by atoms with Crippen molar-refractivity contribution in [3.05, 3.63) is 30.3 Å². The van der Waals surface area contributed by atoms with E-state index in [0.29, 0.717) is 0 Å². The monoisotopic (exact) mass is 213 g/mol. The molecule has 0 heterocycles. The maximum atomic E-state index is 3.48. The molecule has 11 heavy (non-hydrogen) atoms. The van der Waals surface area contributed by atoms with E-state index < -0.39 is 0 Å². The van der Waals surface area contributed by atoms with E-state index in [1.54, 1.807) is 0 Å². The molecule has 2 heteroatoms. The third kappa shape index (κ3) is 2.64. The second kappa shape index (κ2) is 4.52. The average Bonchev–Trinajstić information content (AvgIpc) is 2.07. The third-order valence-corrected chi connectivity index (χ3v) is 2.22. The first-order valence-electron chi connectivity index (χ1n) is 3.83. The number of halogens is 1. The Bertz CT molecular complexity index is 198. The van der Waals surface area contributed by atoms with Gasteiger partial charge in [0.25, 0.3) is 16.1 Å². The quantitative estimate of drug-likeness (QED) is 0.681. The van der Waals surface area contributed by atoms with Crippen LogP contribution in [0.2, 0.25) is 0 Å². The Balaban J connectivity index is 2.61. The highest BCUT2D eigenvalue weighted by atomic mass is 79.9. The van der Waals surface area contributed by atoms with Crippen molar-refractivity contribution in [3.63, 3.8) is 0 Å². The molecule has 0 aromatic heterocycles. The van der Waals surface area contributed by atoms with Gasteiger partial charge in [0.15, 0.2) is 5.69 Å². The summed E-state index contributed by atoms with van der Waals surface area (Å²) >= 11 is 3.48. The number of anilines is 1. The standard InChI is InChI=1S/C9H12BrN/c1-2-8-11(10)9-6-4-3-5-7-9/h3-7H,2,8H2,1H3/q+1. The Morgan fingerprint density at radius 1 is 1.27 bits per heavy atom. The number of para-hydroxylation sites is 1. The molecule has 0 amide bonds. The Morgan fingerprint density at radius 2 is 1.91 bits per heavy atom. The second-order valence-electron chi connectivity index (χ2n) is 2.42. The molecule has 1 aromatic rings. The Labute approximate surface area is 76.4 Å². The highest BCUT2D eigenvalue weighted by Crippen LogP contribution is 2.15. The van der Waals surface area contributed by atoms with E-state index in [1.165, 1.54) is 5.69 Å². The van der Waals surface area contributed by atoms with Crippen molar-refractivity contribution in [1.82, 2.24) is 3.93 Å². The SMILES string of the molecule is CCC[N+](Br)c1ccccc1.